The lowest BCUT2D eigenvalue weighted by Crippen LogP contribution is -2.46. The van der Waals surface area contributed by atoms with E-state index in [-0.39, 0.29) is 36.2 Å². The summed E-state index contributed by atoms with van der Waals surface area (Å²) in [6.45, 7) is 8.44. The summed E-state index contributed by atoms with van der Waals surface area (Å²) in [6, 6.07) is 19.2. The molecule has 0 saturated heterocycles. The average molecular weight is 459 g/mol. The Morgan fingerprint density at radius 1 is 0.853 bits per heavy atom. The number of hydrogen-bond acceptors (Lipinski definition) is 4. The number of nitrogens with zero attached hydrogens (tertiary/aromatic N) is 3. The van der Waals surface area contributed by atoms with E-state index in [9.17, 15) is 9.59 Å². The lowest BCUT2D eigenvalue weighted by molar-refractivity contribution is -0.137. The zero-order chi connectivity index (χ0) is 24.5. The summed E-state index contributed by atoms with van der Waals surface area (Å²) in [7, 11) is 0. The van der Waals surface area contributed by atoms with Crippen LogP contribution in [-0.2, 0) is 16.1 Å². The summed E-state index contributed by atoms with van der Waals surface area (Å²) in [6.07, 6.45) is 5.32. The van der Waals surface area contributed by atoms with E-state index in [2.05, 4.69) is 15.3 Å². The molecule has 0 aliphatic rings. The fourth-order valence-electron chi connectivity index (χ4n) is 4.46. The number of benzene rings is 1. The van der Waals surface area contributed by atoms with Crippen LogP contribution in [0.1, 0.15) is 62.8 Å². The van der Waals surface area contributed by atoms with Gasteiger partial charge in [-0.3, -0.25) is 19.6 Å². The molecule has 2 heterocycles. The molecule has 178 valence electrons. The molecule has 0 fully saturated rings. The van der Waals surface area contributed by atoms with Crippen molar-refractivity contribution in [3.63, 3.8) is 0 Å². The molecule has 2 unspecified atom stereocenters. The Labute approximate surface area is 202 Å². The zero-order valence-electron chi connectivity index (χ0n) is 20.4. The second-order valence-electron chi connectivity index (χ2n) is 9.02. The van der Waals surface area contributed by atoms with Crippen molar-refractivity contribution in [3.05, 3.63) is 96.1 Å². The highest BCUT2D eigenvalue weighted by atomic mass is 16.2. The van der Waals surface area contributed by atoms with Gasteiger partial charge in [0, 0.05) is 43.0 Å². The molecule has 0 saturated carbocycles. The van der Waals surface area contributed by atoms with Crippen LogP contribution in [0.15, 0.2) is 79.3 Å². The standard InChI is InChI=1S/C28H34N4O2/c1-20(2)32(21(3)4)28(34)27(23-13-10-15-29-18-23)25(22-11-6-5-7-12-22)17-26(33)31-19-24-14-8-9-16-30-24/h5-16,18,20-21,25,27H,17,19H2,1-4H3,(H,31,33). The Morgan fingerprint density at radius 3 is 2.12 bits per heavy atom. The van der Waals surface area contributed by atoms with E-state index in [0.29, 0.717) is 6.54 Å². The van der Waals surface area contributed by atoms with Crippen LogP contribution in [0.25, 0.3) is 0 Å². The van der Waals surface area contributed by atoms with Crippen LogP contribution < -0.4 is 5.32 Å². The van der Waals surface area contributed by atoms with E-state index < -0.39 is 5.92 Å². The Morgan fingerprint density at radius 2 is 1.53 bits per heavy atom. The molecule has 6 heteroatoms. The first-order valence-corrected chi connectivity index (χ1v) is 11.8. The maximum atomic E-state index is 14.1. The van der Waals surface area contributed by atoms with Crippen LogP contribution in [0.5, 0.6) is 0 Å². The van der Waals surface area contributed by atoms with Crippen LogP contribution in [0.4, 0.5) is 0 Å². The molecule has 1 aromatic carbocycles. The van der Waals surface area contributed by atoms with E-state index in [1.807, 2.05) is 93.3 Å². The maximum absolute atomic E-state index is 14.1. The van der Waals surface area contributed by atoms with Gasteiger partial charge in [0.2, 0.25) is 11.8 Å². The lowest BCUT2D eigenvalue weighted by atomic mass is 9.78. The molecule has 0 aliphatic carbocycles. The number of pyridine rings is 2. The van der Waals surface area contributed by atoms with Crippen molar-refractivity contribution in [1.29, 1.82) is 0 Å². The van der Waals surface area contributed by atoms with Crippen LogP contribution in [0, 0.1) is 0 Å². The SMILES string of the molecule is CC(C)N(C(=O)C(c1cccnc1)C(CC(=O)NCc1ccccn1)c1ccccc1)C(C)C. The van der Waals surface area contributed by atoms with Crippen molar-refractivity contribution in [2.45, 2.75) is 64.6 Å². The molecule has 34 heavy (non-hydrogen) atoms. The number of carbonyl (C=O) groups is 2. The fourth-order valence-corrected chi connectivity index (χ4v) is 4.46. The third-order valence-corrected chi connectivity index (χ3v) is 5.90. The Kier molecular flexibility index (Phi) is 8.91. The highest BCUT2D eigenvalue weighted by molar-refractivity contribution is 5.87. The Balaban J connectivity index is 1.97. The zero-order valence-corrected chi connectivity index (χ0v) is 20.4. The van der Waals surface area contributed by atoms with Crippen molar-refractivity contribution in [1.82, 2.24) is 20.2 Å². The van der Waals surface area contributed by atoms with E-state index >= 15 is 0 Å². The molecule has 2 amide bonds. The van der Waals surface area contributed by atoms with E-state index in [1.54, 1.807) is 18.6 Å². The summed E-state index contributed by atoms with van der Waals surface area (Å²) < 4.78 is 0. The number of amides is 2. The van der Waals surface area contributed by atoms with Gasteiger partial charge in [0.05, 0.1) is 18.2 Å². The first-order valence-electron chi connectivity index (χ1n) is 11.8. The lowest BCUT2D eigenvalue weighted by Gasteiger charge is -2.37. The van der Waals surface area contributed by atoms with Gasteiger partial charge in [-0.2, -0.15) is 0 Å². The van der Waals surface area contributed by atoms with Gasteiger partial charge in [-0.25, -0.2) is 0 Å². The molecule has 3 aromatic rings. The van der Waals surface area contributed by atoms with Crippen LogP contribution >= 0.6 is 0 Å². The monoisotopic (exact) mass is 458 g/mol. The summed E-state index contributed by atoms with van der Waals surface area (Å²) in [4.78, 5) is 37.6. The number of hydrogen-bond donors (Lipinski definition) is 1. The topological polar surface area (TPSA) is 75.2 Å². The minimum Gasteiger partial charge on any atom is -0.350 e. The van der Waals surface area contributed by atoms with Crippen molar-refractivity contribution >= 4 is 11.8 Å². The molecule has 1 N–H and O–H groups in total. The van der Waals surface area contributed by atoms with Gasteiger partial charge in [0.1, 0.15) is 0 Å². The van der Waals surface area contributed by atoms with Gasteiger partial charge in [-0.15, -0.1) is 0 Å². The molecule has 0 bridgehead atoms. The van der Waals surface area contributed by atoms with Gasteiger partial charge in [0.25, 0.3) is 0 Å². The minimum atomic E-state index is -0.540. The first-order chi connectivity index (χ1) is 16.4. The summed E-state index contributed by atoms with van der Waals surface area (Å²) >= 11 is 0. The predicted octanol–water partition coefficient (Wildman–Crippen LogP) is 4.70. The van der Waals surface area contributed by atoms with Crippen molar-refractivity contribution in [2.75, 3.05) is 0 Å². The fraction of sp³-hybridized carbons (Fsp3) is 0.357. The largest absolute Gasteiger partial charge is 0.350 e. The summed E-state index contributed by atoms with van der Waals surface area (Å²) in [5.41, 5.74) is 2.55. The molecule has 2 aromatic heterocycles. The number of nitrogens with one attached hydrogen (secondary N) is 1. The average Bonchev–Trinajstić information content (AvgIpc) is 2.84. The molecular formula is C28H34N4O2. The van der Waals surface area contributed by atoms with Crippen LogP contribution in [-0.4, -0.2) is 38.8 Å². The highest BCUT2D eigenvalue weighted by Crippen LogP contribution is 2.38. The summed E-state index contributed by atoms with van der Waals surface area (Å²) in [5, 5.41) is 2.98. The van der Waals surface area contributed by atoms with Gasteiger partial charge in [-0.1, -0.05) is 42.5 Å². The quantitative estimate of drug-likeness (QED) is 0.478. The molecule has 0 radical (unpaired) electrons. The minimum absolute atomic E-state index is 0.00405. The maximum Gasteiger partial charge on any atom is 0.231 e. The van der Waals surface area contributed by atoms with Crippen molar-refractivity contribution < 1.29 is 9.59 Å². The molecule has 2 atom stereocenters. The van der Waals surface area contributed by atoms with E-state index in [4.69, 9.17) is 0 Å². The number of rotatable bonds is 10. The van der Waals surface area contributed by atoms with Crippen LogP contribution in [0.3, 0.4) is 0 Å². The smallest absolute Gasteiger partial charge is 0.231 e. The highest BCUT2D eigenvalue weighted by Gasteiger charge is 2.37. The first kappa shape index (κ1) is 25.1. The molecule has 0 spiro atoms. The van der Waals surface area contributed by atoms with E-state index in [1.165, 1.54) is 0 Å². The Bertz CT molecular complexity index is 1030. The normalized spacial score (nSPS) is 12.9. The van der Waals surface area contributed by atoms with Crippen molar-refractivity contribution in [3.8, 4) is 0 Å². The van der Waals surface area contributed by atoms with Gasteiger partial charge in [0.15, 0.2) is 0 Å². The summed E-state index contributed by atoms with van der Waals surface area (Å²) in [5.74, 6) is -1.01. The third-order valence-electron chi connectivity index (χ3n) is 5.90. The second kappa shape index (κ2) is 12.1. The van der Waals surface area contributed by atoms with E-state index in [0.717, 1.165) is 16.8 Å². The number of carbonyl (C=O) groups excluding carboxylic acids is 2. The van der Waals surface area contributed by atoms with Gasteiger partial charge < -0.3 is 10.2 Å². The number of aromatic nitrogens is 2. The van der Waals surface area contributed by atoms with Crippen LogP contribution in [0.2, 0.25) is 0 Å². The molecular weight excluding hydrogens is 424 g/mol. The molecule has 6 nitrogen and oxygen atoms in total. The van der Waals surface area contributed by atoms with Gasteiger partial charge in [-0.05, 0) is 57.0 Å². The second-order valence-corrected chi connectivity index (χ2v) is 9.02. The van der Waals surface area contributed by atoms with Gasteiger partial charge >= 0.3 is 0 Å². The Hall–Kier alpha value is -3.54. The van der Waals surface area contributed by atoms with Crippen molar-refractivity contribution in [2.24, 2.45) is 0 Å². The molecule has 3 rings (SSSR count). The molecule has 0 aliphatic heterocycles. The third kappa shape index (κ3) is 6.50. The predicted molar refractivity (Wildman–Crippen MR) is 134 cm³/mol.